The molecule has 0 radical (unpaired) electrons. The monoisotopic (exact) mass is 431 g/mol. The van der Waals surface area contributed by atoms with Gasteiger partial charge in [-0.2, -0.15) is 0 Å². The first-order valence-corrected chi connectivity index (χ1v) is 11.9. The molecule has 6 heteroatoms. The number of pyridine rings is 1. The van der Waals surface area contributed by atoms with Crippen LogP contribution in [0.3, 0.4) is 0 Å². The maximum atomic E-state index is 12.4. The van der Waals surface area contributed by atoms with Gasteiger partial charge in [0, 0.05) is 19.1 Å². The van der Waals surface area contributed by atoms with Crippen molar-refractivity contribution in [3.05, 3.63) is 18.3 Å². The van der Waals surface area contributed by atoms with E-state index in [4.69, 9.17) is 9.47 Å². The van der Waals surface area contributed by atoms with Crippen LogP contribution in [0.2, 0.25) is 0 Å². The molecule has 1 saturated heterocycles. The van der Waals surface area contributed by atoms with E-state index in [-0.39, 0.29) is 12.1 Å². The Balaban J connectivity index is 1.47. The zero-order chi connectivity index (χ0) is 22.6. The normalized spacial score (nSPS) is 25.1. The molecule has 174 valence electrons. The number of hydrogen-bond donors (Lipinski definition) is 1. The van der Waals surface area contributed by atoms with Gasteiger partial charge >= 0.3 is 6.09 Å². The molecule has 1 amide bonds. The summed E-state index contributed by atoms with van der Waals surface area (Å²) in [6.07, 6.45) is 8.53. The Bertz CT molecular complexity index is 713. The molecule has 1 aromatic heterocycles. The standard InChI is InChI=1S/C25H41N3O3/c1-24(2,3)18-9-11-20(12-10-18)30-21-13-14-22(26-16-21)27-19-8-7-15-28(17-19)23(29)31-25(4,5)6/h13-14,16,18-20H,7-12,15,17H2,1-6H3,(H,26,27)/t18-,19?,20-. The number of piperidine rings is 1. The van der Waals surface area contributed by atoms with Crippen molar-refractivity contribution in [3.63, 3.8) is 0 Å². The molecule has 1 aliphatic heterocycles. The summed E-state index contributed by atoms with van der Waals surface area (Å²) in [6.45, 7) is 14.1. The number of rotatable bonds is 4. The number of ether oxygens (including phenoxy) is 2. The molecule has 2 heterocycles. The lowest BCUT2D eigenvalue weighted by atomic mass is 9.72. The van der Waals surface area contributed by atoms with Gasteiger partial charge in [0.25, 0.3) is 0 Å². The Morgan fingerprint density at radius 1 is 1.06 bits per heavy atom. The molecule has 1 unspecified atom stereocenters. The second kappa shape index (κ2) is 9.66. The summed E-state index contributed by atoms with van der Waals surface area (Å²) in [4.78, 5) is 18.7. The van der Waals surface area contributed by atoms with Crippen LogP contribution >= 0.6 is 0 Å². The Hall–Kier alpha value is -1.98. The van der Waals surface area contributed by atoms with E-state index >= 15 is 0 Å². The van der Waals surface area contributed by atoms with Gasteiger partial charge in [-0.15, -0.1) is 0 Å². The largest absolute Gasteiger partial charge is 0.489 e. The van der Waals surface area contributed by atoms with E-state index < -0.39 is 5.60 Å². The van der Waals surface area contributed by atoms with Crippen molar-refractivity contribution in [3.8, 4) is 5.75 Å². The Kier molecular flexibility index (Phi) is 7.38. The molecule has 31 heavy (non-hydrogen) atoms. The third-order valence-corrected chi connectivity index (χ3v) is 6.36. The van der Waals surface area contributed by atoms with E-state index in [1.54, 1.807) is 4.90 Å². The highest BCUT2D eigenvalue weighted by atomic mass is 16.6. The highest BCUT2D eigenvalue weighted by Crippen LogP contribution is 2.38. The summed E-state index contributed by atoms with van der Waals surface area (Å²) < 4.78 is 11.7. The van der Waals surface area contributed by atoms with Gasteiger partial charge in [-0.3, -0.25) is 0 Å². The number of carbonyl (C=O) groups excluding carboxylic acids is 1. The van der Waals surface area contributed by atoms with E-state index in [9.17, 15) is 4.79 Å². The van der Waals surface area contributed by atoms with Crippen LogP contribution < -0.4 is 10.1 Å². The molecule has 1 aromatic rings. The number of anilines is 1. The Morgan fingerprint density at radius 2 is 1.77 bits per heavy atom. The molecule has 1 saturated carbocycles. The molecule has 1 N–H and O–H groups in total. The Morgan fingerprint density at radius 3 is 2.35 bits per heavy atom. The quantitative estimate of drug-likeness (QED) is 0.645. The third kappa shape index (κ3) is 7.29. The summed E-state index contributed by atoms with van der Waals surface area (Å²) in [5, 5.41) is 3.47. The van der Waals surface area contributed by atoms with Crippen LogP contribution in [0.25, 0.3) is 0 Å². The average molecular weight is 432 g/mol. The van der Waals surface area contributed by atoms with Gasteiger partial charge in [0.05, 0.1) is 12.3 Å². The number of nitrogens with zero attached hydrogens (tertiary/aromatic N) is 2. The molecular weight excluding hydrogens is 390 g/mol. The molecule has 0 aromatic carbocycles. The lowest BCUT2D eigenvalue weighted by Crippen LogP contribution is -2.47. The Labute approximate surface area is 188 Å². The molecule has 2 fully saturated rings. The summed E-state index contributed by atoms with van der Waals surface area (Å²) in [7, 11) is 0. The van der Waals surface area contributed by atoms with E-state index in [0.29, 0.717) is 18.1 Å². The number of carbonyl (C=O) groups is 1. The van der Waals surface area contributed by atoms with Crippen molar-refractivity contribution in [1.29, 1.82) is 0 Å². The van der Waals surface area contributed by atoms with E-state index in [1.807, 2.05) is 39.1 Å². The number of hydrogen-bond acceptors (Lipinski definition) is 5. The molecule has 1 aliphatic carbocycles. The maximum Gasteiger partial charge on any atom is 0.410 e. The fraction of sp³-hybridized carbons (Fsp3) is 0.760. The smallest absolute Gasteiger partial charge is 0.410 e. The van der Waals surface area contributed by atoms with Gasteiger partial charge in [-0.05, 0) is 82.8 Å². The van der Waals surface area contributed by atoms with Crippen LogP contribution in [0.4, 0.5) is 10.6 Å². The molecule has 0 bridgehead atoms. The third-order valence-electron chi connectivity index (χ3n) is 6.36. The van der Waals surface area contributed by atoms with Gasteiger partial charge in [0.2, 0.25) is 0 Å². The lowest BCUT2D eigenvalue weighted by molar-refractivity contribution is 0.0206. The van der Waals surface area contributed by atoms with Crippen molar-refractivity contribution in [2.24, 2.45) is 11.3 Å². The van der Waals surface area contributed by atoms with Gasteiger partial charge in [-0.25, -0.2) is 9.78 Å². The predicted octanol–water partition coefficient (Wildman–Crippen LogP) is 5.88. The number of aromatic nitrogens is 1. The van der Waals surface area contributed by atoms with Gasteiger partial charge < -0.3 is 19.7 Å². The average Bonchev–Trinajstić information content (AvgIpc) is 2.68. The zero-order valence-electron chi connectivity index (χ0n) is 20.2. The summed E-state index contributed by atoms with van der Waals surface area (Å²) in [6, 6.07) is 4.15. The van der Waals surface area contributed by atoms with Gasteiger partial charge in [-0.1, -0.05) is 20.8 Å². The highest BCUT2D eigenvalue weighted by Gasteiger charge is 2.31. The van der Waals surface area contributed by atoms with Gasteiger partial charge in [0.1, 0.15) is 17.2 Å². The van der Waals surface area contributed by atoms with Gasteiger partial charge in [0.15, 0.2) is 0 Å². The molecule has 6 nitrogen and oxygen atoms in total. The fourth-order valence-electron chi connectivity index (χ4n) is 4.57. The number of likely N-dealkylation sites (tertiary alicyclic amines) is 1. The van der Waals surface area contributed by atoms with Crippen LogP contribution in [0.5, 0.6) is 5.75 Å². The second-order valence-corrected chi connectivity index (χ2v) is 11.2. The molecule has 2 aliphatic rings. The molecule has 1 atom stereocenters. The summed E-state index contributed by atoms with van der Waals surface area (Å²) >= 11 is 0. The van der Waals surface area contributed by atoms with E-state index in [0.717, 1.165) is 49.7 Å². The molecule has 0 spiro atoms. The molecular formula is C25H41N3O3. The van der Waals surface area contributed by atoms with E-state index in [2.05, 4.69) is 31.1 Å². The highest BCUT2D eigenvalue weighted by molar-refractivity contribution is 5.68. The van der Waals surface area contributed by atoms with Crippen molar-refractivity contribution in [2.75, 3.05) is 18.4 Å². The lowest BCUT2D eigenvalue weighted by Gasteiger charge is -2.36. The van der Waals surface area contributed by atoms with Crippen LogP contribution in [0.15, 0.2) is 18.3 Å². The van der Waals surface area contributed by atoms with Crippen LogP contribution in [0.1, 0.15) is 80.1 Å². The SMILES string of the molecule is CC(C)(C)OC(=O)N1CCCC(Nc2ccc(O[C@H]3CC[C@H](C(C)(C)C)CC3)cn2)C1. The minimum absolute atomic E-state index is 0.174. The van der Waals surface area contributed by atoms with E-state index in [1.165, 1.54) is 12.8 Å². The zero-order valence-corrected chi connectivity index (χ0v) is 20.2. The maximum absolute atomic E-state index is 12.4. The minimum atomic E-state index is -0.471. The molecule has 3 rings (SSSR count). The first-order chi connectivity index (χ1) is 14.5. The topological polar surface area (TPSA) is 63.7 Å². The fourth-order valence-corrected chi connectivity index (χ4v) is 4.57. The summed E-state index contributed by atoms with van der Waals surface area (Å²) in [5.74, 6) is 2.44. The van der Waals surface area contributed by atoms with Crippen molar-refractivity contribution in [2.45, 2.75) is 97.8 Å². The van der Waals surface area contributed by atoms with Crippen molar-refractivity contribution < 1.29 is 14.3 Å². The van der Waals surface area contributed by atoms with Crippen LogP contribution in [-0.2, 0) is 4.74 Å². The minimum Gasteiger partial charge on any atom is -0.489 e. The second-order valence-electron chi connectivity index (χ2n) is 11.2. The first kappa shape index (κ1) is 23.7. The van der Waals surface area contributed by atoms with Crippen LogP contribution in [-0.4, -0.2) is 46.8 Å². The van der Waals surface area contributed by atoms with Crippen molar-refractivity contribution in [1.82, 2.24) is 9.88 Å². The summed E-state index contributed by atoms with van der Waals surface area (Å²) in [5.41, 5.74) is -0.0845. The van der Waals surface area contributed by atoms with Crippen molar-refractivity contribution >= 4 is 11.9 Å². The van der Waals surface area contributed by atoms with Crippen LogP contribution in [0, 0.1) is 11.3 Å². The first-order valence-electron chi connectivity index (χ1n) is 11.9. The predicted molar refractivity (Wildman–Crippen MR) is 125 cm³/mol. The number of nitrogens with one attached hydrogen (secondary N) is 1. The number of amides is 1.